The zero-order chi connectivity index (χ0) is 41.9. The first-order valence-electron chi connectivity index (χ1n) is 21.3. The van der Waals surface area contributed by atoms with Gasteiger partial charge in [0.2, 0.25) is 0 Å². The number of rotatable bonds is 21. The van der Waals surface area contributed by atoms with Crippen molar-refractivity contribution in [3.8, 4) is 23.0 Å². The fraction of sp³-hybridized carbons (Fsp3) is 0.489. The summed E-state index contributed by atoms with van der Waals surface area (Å²) < 4.78 is 64.0. The molecule has 0 amide bonds. The van der Waals surface area contributed by atoms with Crippen LogP contribution in [-0.4, -0.2) is 40.6 Å². The Kier molecular flexibility index (Phi) is 16.1. The number of aryl methyl sites for hydroxylation is 3. The fourth-order valence-electron chi connectivity index (χ4n) is 7.37. The van der Waals surface area contributed by atoms with Crippen LogP contribution in [0.3, 0.4) is 0 Å². The third kappa shape index (κ3) is 10.6. The van der Waals surface area contributed by atoms with Crippen molar-refractivity contribution < 1.29 is 44.8 Å². The van der Waals surface area contributed by atoms with Gasteiger partial charge in [0.1, 0.15) is 45.3 Å². The van der Waals surface area contributed by atoms with Crippen LogP contribution in [0.5, 0.6) is 23.0 Å². The van der Waals surface area contributed by atoms with Crippen LogP contribution in [0.1, 0.15) is 109 Å². The first kappa shape index (κ1) is 44.4. The Bertz CT molecular complexity index is 2320. The molecule has 2 heterocycles. The Balaban J connectivity index is 1.44. The molecule has 3 atom stereocenters. The van der Waals surface area contributed by atoms with Crippen molar-refractivity contribution in [3.63, 3.8) is 0 Å². The van der Waals surface area contributed by atoms with Crippen LogP contribution in [0.4, 0.5) is 0 Å². The molecule has 0 radical (unpaired) electrons. The maximum absolute atomic E-state index is 6.92. The maximum Gasteiger partial charge on any atom is 0.387 e. The minimum atomic E-state index is -1.87. The van der Waals surface area contributed by atoms with E-state index < -0.39 is 16.5 Å². The van der Waals surface area contributed by atoms with Crippen LogP contribution < -0.4 is 28.0 Å². The predicted molar refractivity (Wildman–Crippen MR) is 241 cm³/mol. The molecule has 0 aliphatic rings. The lowest BCUT2D eigenvalue weighted by molar-refractivity contribution is 0.155. The summed E-state index contributed by atoms with van der Waals surface area (Å²) in [6.45, 7) is 10.8. The molecule has 6 rings (SSSR count). The van der Waals surface area contributed by atoms with E-state index in [2.05, 4.69) is 52.8 Å². The molecule has 4 aromatic carbocycles. The largest absolute Gasteiger partial charge is 0.497 e. The van der Waals surface area contributed by atoms with Crippen LogP contribution in [0.25, 0.3) is 43.9 Å². The van der Waals surface area contributed by atoms with Crippen LogP contribution >= 0.6 is 16.5 Å². The minimum Gasteiger partial charge on any atom is -0.497 e. The molecule has 12 heteroatoms. The van der Waals surface area contributed by atoms with Crippen molar-refractivity contribution in [2.45, 2.75) is 124 Å². The maximum atomic E-state index is 6.92. The molecule has 6 aromatic rings. The van der Waals surface area contributed by atoms with E-state index >= 15 is 0 Å². The van der Waals surface area contributed by atoms with Crippen molar-refractivity contribution in [2.24, 2.45) is 0 Å². The molecule has 0 aliphatic heterocycles. The van der Waals surface area contributed by atoms with Gasteiger partial charge >= 0.3 is 16.5 Å². The summed E-state index contributed by atoms with van der Waals surface area (Å²) in [5.41, 5.74) is 6.13. The summed E-state index contributed by atoms with van der Waals surface area (Å²) in [4.78, 5) is 0. The third-order valence-electron chi connectivity index (χ3n) is 10.9. The fourth-order valence-corrected chi connectivity index (χ4v) is 9.99. The lowest BCUT2D eigenvalue weighted by Gasteiger charge is -2.19. The van der Waals surface area contributed by atoms with E-state index in [1.165, 1.54) is 0 Å². The molecule has 10 nitrogen and oxygen atoms in total. The van der Waals surface area contributed by atoms with Crippen molar-refractivity contribution in [2.75, 3.05) is 28.4 Å². The lowest BCUT2D eigenvalue weighted by atomic mass is 10.00. The van der Waals surface area contributed by atoms with Gasteiger partial charge in [-0.25, -0.2) is 0 Å². The third-order valence-corrected chi connectivity index (χ3v) is 13.1. The molecule has 0 saturated carbocycles. The van der Waals surface area contributed by atoms with Crippen molar-refractivity contribution >= 4 is 60.4 Å². The highest BCUT2D eigenvalue weighted by atomic mass is 31.1. The number of methoxy groups -OCH3 is 4. The van der Waals surface area contributed by atoms with Gasteiger partial charge in [-0.2, -0.15) is 0 Å². The second-order valence-electron chi connectivity index (χ2n) is 15.0. The molecule has 0 spiro atoms. The zero-order valence-electron chi connectivity index (χ0n) is 36.3. The molecule has 0 saturated heterocycles. The van der Waals surface area contributed by atoms with Gasteiger partial charge in [-0.15, -0.1) is 0 Å². The number of fused-ring (bicyclic) bond motifs is 6. The second-order valence-corrected chi connectivity index (χ2v) is 17.0. The van der Waals surface area contributed by atoms with Gasteiger partial charge in [0.15, 0.2) is 0 Å². The average molecular weight is 849 g/mol. The number of unbranched alkanes of at least 4 members (excludes halogenated alkanes) is 3. The van der Waals surface area contributed by atoms with Crippen molar-refractivity contribution in [1.82, 2.24) is 0 Å². The summed E-state index contributed by atoms with van der Waals surface area (Å²) >= 11 is 0. The minimum absolute atomic E-state index is 0.248. The Morgan fingerprint density at radius 3 is 1.20 bits per heavy atom. The van der Waals surface area contributed by atoms with E-state index in [4.69, 9.17) is 44.8 Å². The Labute approximate surface area is 350 Å². The first-order valence-corrected chi connectivity index (χ1v) is 23.5. The number of benzene rings is 4. The lowest BCUT2D eigenvalue weighted by Crippen LogP contribution is -2.25. The number of hydrogen-bond donors (Lipinski definition) is 0. The van der Waals surface area contributed by atoms with Gasteiger partial charge in [0.05, 0.1) is 40.6 Å². The molecule has 0 fully saturated rings. The monoisotopic (exact) mass is 848 g/mol. The van der Waals surface area contributed by atoms with Gasteiger partial charge in [-0.05, 0) is 123 Å². The molecular formula is C47H62O10P2. The number of hydrogen-bond acceptors (Lipinski definition) is 10. The zero-order valence-corrected chi connectivity index (χ0v) is 38.1. The molecule has 320 valence electrons. The average Bonchev–Trinajstić information content (AvgIpc) is 3.52. The Hall–Kier alpha value is -4.20. The predicted octanol–water partition coefficient (Wildman–Crippen LogP) is 14.5. The summed E-state index contributed by atoms with van der Waals surface area (Å²) in [5.74, 6) is 3.03. The molecule has 2 aromatic heterocycles. The molecule has 0 bridgehead atoms. The molecular weight excluding hydrogens is 786 g/mol. The summed E-state index contributed by atoms with van der Waals surface area (Å²) in [6.07, 6.45) is 10.2. The highest BCUT2D eigenvalue weighted by Gasteiger charge is 2.24. The SMILES string of the molecule is CCCCc1cc(OC)cc2c1op(O[C@H](CC)C[C@@H](CC)Op1oc3c(CCCC)cc(OC)cc3c3cc(OC)cc(CCCC)c3o1)oc1ccc(OC)cc12. The van der Waals surface area contributed by atoms with E-state index in [0.29, 0.717) is 24.8 Å². The van der Waals surface area contributed by atoms with Crippen molar-refractivity contribution in [1.29, 1.82) is 0 Å². The van der Waals surface area contributed by atoms with E-state index in [1.54, 1.807) is 28.4 Å². The summed E-state index contributed by atoms with van der Waals surface area (Å²) in [5, 5.41) is 3.58. The van der Waals surface area contributed by atoms with Crippen molar-refractivity contribution in [3.05, 3.63) is 71.3 Å². The number of ether oxygens (including phenoxy) is 4. The Morgan fingerprint density at radius 2 is 0.831 bits per heavy atom. The highest BCUT2D eigenvalue weighted by molar-refractivity contribution is 7.32. The molecule has 0 N–H and O–H groups in total. The van der Waals surface area contributed by atoms with Crippen LogP contribution in [0.2, 0.25) is 0 Å². The van der Waals surface area contributed by atoms with Crippen LogP contribution in [0.15, 0.2) is 71.4 Å². The van der Waals surface area contributed by atoms with E-state index in [9.17, 15) is 0 Å². The normalized spacial score (nSPS) is 12.9. The highest BCUT2D eigenvalue weighted by Crippen LogP contribution is 2.43. The summed E-state index contributed by atoms with van der Waals surface area (Å²) in [7, 11) is 3.04. The van der Waals surface area contributed by atoms with E-state index in [1.807, 2.05) is 36.4 Å². The van der Waals surface area contributed by atoms with Gasteiger partial charge < -0.3 is 35.7 Å². The van der Waals surface area contributed by atoms with Gasteiger partial charge in [-0.3, -0.25) is 9.05 Å². The second kappa shape index (κ2) is 21.4. The van der Waals surface area contributed by atoms with Gasteiger partial charge in [0.25, 0.3) is 0 Å². The van der Waals surface area contributed by atoms with Gasteiger partial charge in [-0.1, -0.05) is 53.9 Å². The van der Waals surface area contributed by atoms with Crippen LogP contribution in [0, 0.1) is 0 Å². The molecule has 1 unspecified atom stereocenters. The van der Waals surface area contributed by atoms with E-state index in [-0.39, 0.29) is 12.2 Å². The smallest absolute Gasteiger partial charge is 0.387 e. The Morgan fingerprint density at radius 1 is 0.458 bits per heavy atom. The van der Waals surface area contributed by atoms with E-state index in [0.717, 1.165) is 136 Å². The van der Waals surface area contributed by atoms with Crippen LogP contribution in [-0.2, 0) is 19.3 Å². The quantitative estimate of drug-likeness (QED) is 0.0694. The molecule has 0 aliphatic carbocycles. The first-order chi connectivity index (χ1) is 28.8. The standard InChI is InChI=1S/C47H62O10P2/c1-10-15-18-31-23-37(49-7)28-41-40-27-36(48-6)21-22-44(40)54-58(55-45(31)41)52-34(13-4)26-35(14-5)53-59-56-46-32(19-16-11-2)24-38(50-8)29-42(46)43-30-39(51-9)25-33(20-17-12-3)47(43)57-59/h21-25,27-30,34-35H,10-20,26H2,1-9H3/t34-,35-,58?/m1/s1. The summed E-state index contributed by atoms with van der Waals surface area (Å²) in [6, 6.07) is 18.1. The topological polar surface area (TPSA) is 108 Å². The molecule has 59 heavy (non-hydrogen) atoms. The van der Waals surface area contributed by atoms with Gasteiger partial charge in [0, 0.05) is 28.0 Å².